The van der Waals surface area contributed by atoms with Crippen LogP contribution in [0.15, 0.2) is 16.6 Å². The summed E-state index contributed by atoms with van der Waals surface area (Å²) >= 11 is 6.63. The SMILES string of the molecule is COc1cc(Br)c([C@@H](Br)C#N)cc1OC. The van der Waals surface area contributed by atoms with Crippen molar-refractivity contribution in [3.63, 3.8) is 0 Å². The van der Waals surface area contributed by atoms with Crippen LogP contribution in [0.25, 0.3) is 0 Å². The van der Waals surface area contributed by atoms with Gasteiger partial charge in [0.25, 0.3) is 0 Å². The summed E-state index contributed by atoms with van der Waals surface area (Å²) < 4.78 is 11.1. The zero-order chi connectivity index (χ0) is 11.4. The molecule has 0 aromatic heterocycles. The van der Waals surface area contributed by atoms with Crippen LogP contribution >= 0.6 is 31.9 Å². The molecule has 5 heteroatoms. The van der Waals surface area contributed by atoms with Crippen molar-refractivity contribution in [2.24, 2.45) is 0 Å². The summed E-state index contributed by atoms with van der Waals surface area (Å²) in [5, 5.41) is 8.81. The second-order valence-electron chi connectivity index (χ2n) is 2.72. The lowest BCUT2D eigenvalue weighted by molar-refractivity contribution is 0.354. The highest BCUT2D eigenvalue weighted by Gasteiger charge is 2.15. The van der Waals surface area contributed by atoms with Crippen LogP contribution in [0.3, 0.4) is 0 Å². The van der Waals surface area contributed by atoms with Gasteiger partial charge in [-0.3, -0.25) is 0 Å². The van der Waals surface area contributed by atoms with Gasteiger partial charge in [0, 0.05) is 4.47 Å². The maximum Gasteiger partial charge on any atom is 0.161 e. The fourth-order valence-electron chi connectivity index (χ4n) is 1.13. The Balaban J connectivity index is 3.27. The molecule has 0 fully saturated rings. The summed E-state index contributed by atoms with van der Waals surface area (Å²) in [5.74, 6) is 1.24. The minimum atomic E-state index is -0.369. The summed E-state index contributed by atoms with van der Waals surface area (Å²) in [6.07, 6.45) is 0. The molecule has 1 aromatic rings. The van der Waals surface area contributed by atoms with Crippen molar-refractivity contribution in [3.05, 3.63) is 22.2 Å². The zero-order valence-corrected chi connectivity index (χ0v) is 11.4. The third kappa shape index (κ3) is 2.64. The summed E-state index contributed by atoms with van der Waals surface area (Å²) in [6, 6.07) is 5.65. The van der Waals surface area contributed by atoms with E-state index in [9.17, 15) is 0 Å². The van der Waals surface area contributed by atoms with E-state index in [-0.39, 0.29) is 4.83 Å². The van der Waals surface area contributed by atoms with E-state index in [0.29, 0.717) is 11.5 Å². The lowest BCUT2D eigenvalue weighted by atomic mass is 10.1. The van der Waals surface area contributed by atoms with Crippen LogP contribution in [0.4, 0.5) is 0 Å². The highest BCUT2D eigenvalue weighted by molar-refractivity contribution is 9.11. The van der Waals surface area contributed by atoms with E-state index in [0.717, 1.165) is 10.0 Å². The smallest absolute Gasteiger partial charge is 0.161 e. The maximum atomic E-state index is 8.81. The Morgan fingerprint density at radius 3 is 2.27 bits per heavy atom. The van der Waals surface area contributed by atoms with E-state index in [2.05, 4.69) is 37.9 Å². The standard InChI is InChI=1S/C10H9Br2NO2/c1-14-9-3-6(8(12)5-13)7(11)4-10(9)15-2/h3-4,8H,1-2H3/t8-/m0/s1. The van der Waals surface area contributed by atoms with Gasteiger partial charge in [0.2, 0.25) is 0 Å². The van der Waals surface area contributed by atoms with Crippen molar-refractivity contribution in [1.29, 1.82) is 5.26 Å². The Bertz CT molecular complexity index is 401. The molecule has 1 rings (SSSR count). The van der Waals surface area contributed by atoms with E-state index < -0.39 is 0 Å². The van der Waals surface area contributed by atoms with Crippen LogP contribution < -0.4 is 9.47 Å². The predicted octanol–water partition coefficient (Wildman–Crippen LogP) is 3.43. The second kappa shape index (κ2) is 5.38. The van der Waals surface area contributed by atoms with Crippen molar-refractivity contribution in [2.75, 3.05) is 14.2 Å². The zero-order valence-electron chi connectivity index (χ0n) is 8.25. The van der Waals surface area contributed by atoms with Gasteiger partial charge in [-0.2, -0.15) is 5.26 Å². The summed E-state index contributed by atoms with van der Waals surface area (Å²) in [7, 11) is 3.13. The number of nitriles is 1. The number of nitrogens with zero attached hydrogens (tertiary/aromatic N) is 1. The van der Waals surface area contributed by atoms with Gasteiger partial charge in [-0.1, -0.05) is 31.9 Å². The third-order valence-electron chi connectivity index (χ3n) is 1.89. The van der Waals surface area contributed by atoms with Crippen LogP contribution in [-0.4, -0.2) is 14.2 Å². The Morgan fingerprint density at radius 2 is 1.80 bits per heavy atom. The molecular weight excluding hydrogens is 326 g/mol. The van der Waals surface area contributed by atoms with Crippen molar-refractivity contribution in [2.45, 2.75) is 4.83 Å². The average molecular weight is 335 g/mol. The largest absolute Gasteiger partial charge is 0.493 e. The van der Waals surface area contributed by atoms with Gasteiger partial charge in [0.15, 0.2) is 11.5 Å². The van der Waals surface area contributed by atoms with Gasteiger partial charge >= 0.3 is 0 Å². The predicted molar refractivity (Wildman–Crippen MR) is 64.5 cm³/mol. The van der Waals surface area contributed by atoms with E-state index in [1.807, 2.05) is 0 Å². The number of benzene rings is 1. The van der Waals surface area contributed by atoms with Crippen LogP contribution in [0.5, 0.6) is 11.5 Å². The van der Waals surface area contributed by atoms with Crippen LogP contribution in [0, 0.1) is 11.3 Å². The van der Waals surface area contributed by atoms with E-state index >= 15 is 0 Å². The number of halogens is 2. The molecule has 0 saturated carbocycles. The molecule has 0 aliphatic heterocycles. The molecule has 1 atom stereocenters. The molecule has 0 N–H and O–H groups in total. The van der Waals surface area contributed by atoms with Crippen molar-refractivity contribution >= 4 is 31.9 Å². The van der Waals surface area contributed by atoms with Crippen molar-refractivity contribution in [1.82, 2.24) is 0 Å². The Hall–Kier alpha value is -0.730. The molecule has 0 heterocycles. The van der Waals surface area contributed by atoms with Crippen LogP contribution in [-0.2, 0) is 0 Å². The van der Waals surface area contributed by atoms with Crippen molar-refractivity contribution < 1.29 is 9.47 Å². The Morgan fingerprint density at radius 1 is 1.27 bits per heavy atom. The molecule has 80 valence electrons. The van der Waals surface area contributed by atoms with Crippen LogP contribution in [0.2, 0.25) is 0 Å². The number of rotatable bonds is 3. The topological polar surface area (TPSA) is 42.2 Å². The first-order valence-electron chi connectivity index (χ1n) is 4.09. The molecular formula is C10H9Br2NO2. The normalized spacial score (nSPS) is 11.7. The lowest BCUT2D eigenvalue weighted by Gasteiger charge is -2.12. The van der Waals surface area contributed by atoms with E-state index in [1.54, 1.807) is 26.4 Å². The molecule has 0 radical (unpaired) electrons. The number of methoxy groups -OCH3 is 2. The summed E-state index contributed by atoms with van der Waals surface area (Å²) in [4.78, 5) is -0.369. The maximum absolute atomic E-state index is 8.81. The molecule has 0 aliphatic rings. The summed E-state index contributed by atoms with van der Waals surface area (Å²) in [6.45, 7) is 0. The van der Waals surface area contributed by atoms with Gasteiger partial charge in [0.05, 0.1) is 20.3 Å². The molecule has 3 nitrogen and oxygen atoms in total. The number of ether oxygens (including phenoxy) is 2. The highest BCUT2D eigenvalue weighted by atomic mass is 79.9. The Kier molecular flexibility index (Phi) is 4.43. The molecule has 0 aliphatic carbocycles. The van der Waals surface area contributed by atoms with Gasteiger partial charge in [0.1, 0.15) is 4.83 Å². The summed E-state index contributed by atoms with van der Waals surface area (Å²) in [5.41, 5.74) is 0.815. The first-order chi connectivity index (χ1) is 7.13. The molecule has 0 unspecified atom stereocenters. The fourth-order valence-corrected chi connectivity index (χ4v) is 2.37. The molecule has 1 aromatic carbocycles. The number of hydrogen-bond donors (Lipinski definition) is 0. The van der Waals surface area contributed by atoms with E-state index in [4.69, 9.17) is 14.7 Å². The number of hydrogen-bond acceptors (Lipinski definition) is 3. The molecule has 0 spiro atoms. The van der Waals surface area contributed by atoms with Gasteiger partial charge < -0.3 is 9.47 Å². The van der Waals surface area contributed by atoms with Crippen LogP contribution in [0.1, 0.15) is 10.4 Å². The highest BCUT2D eigenvalue weighted by Crippen LogP contribution is 2.38. The quantitative estimate of drug-likeness (QED) is 0.795. The third-order valence-corrected chi connectivity index (χ3v) is 3.27. The first-order valence-corrected chi connectivity index (χ1v) is 5.80. The fraction of sp³-hybridized carbons (Fsp3) is 0.300. The molecule has 0 bridgehead atoms. The van der Waals surface area contributed by atoms with Gasteiger partial charge in [-0.25, -0.2) is 0 Å². The first kappa shape index (κ1) is 12.3. The van der Waals surface area contributed by atoms with Crippen molar-refractivity contribution in [3.8, 4) is 17.6 Å². The minimum Gasteiger partial charge on any atom is -0.493 e. The Labute approximate surface area is 105 Å². The molecule has 15 heavy (non-hydrogen) atoms. The van der Waals surface area contributed by atoms with Gasteiger partial charge in [-0.15, -0.1) is 0 Å². The minimum absolute atomic E-state index is 0.369. The average Bonchev–Trinajstić information content (AvgIpc) is 2.27. The molecule has 0 amide bonds. The second-order valence-corrected chi connectivity index (χ2v) is 4.49. The van der Waals surface area contributed by atoms with Gasteiger partial charge in [-0.05, 0) is 17.7 Å². The number of alkyl halides is 1. The lowest BCUT2D eigenvalue weighted by Crippen LogP contribution is -1.95. The monoisotopic (exact) mass is 333 g/mol. The van der Waals surface area contributed by atoms with E-state index in [1.165, 1.54) is 0 Å². The molecule has 0 saturated heterocycles.